The molecule has 0 atom stereocenters. The molecule has 1 aromatic heterocycles. The van der Waals surface area contributed by atoms with Crippen LogP contribution in [0.3, 0.4) is 0 Å². The van der Waals surface area contributed by atoms with Crippen molar-refractivity contribution in [2.75, 3.05) is 31.2 Å². The number of thioether (sulfide) groups is 1. The minimum absolute atomic E-state index is 0.0547. The molecule has 8 N–H and O–H groups in total. The summed E-state index contributed by atoms with van der Waals surface area (Å²) in [5.41, 5.74) is 8.02. The van der Waals surface area contributed by atoms with Gasteiger partial charge in [-0.15, -0.1) is 23.1 Å². The second-order valence-electron chi connectivity index (χ2n) is 8.29. The van der Waals surface area contributed by atoms with Crippen LogP contribution in [0.1, 0.15) is 10.4 Å². The Balaban J connectivity index is 1.80. The largest absolute Gasteiger partial charge is 0.480 e. The third-order valence-corrected chi connectivity index (χ3v) is 9.79. The zero-order valence-corrected chi connectivity index (χ0v) is 24.0. The predicted octanol–water partition coefficient (Wildman–Crippen LogP) is 3.07. The first kappa shape index (κ1) is 30.5. The molecule has 0 fully saturated rings. The summed E-state index contributed by atoms with van der Waals surface area (Å²) in [4.78, 5) is 35.0. The highest BCUT2D eigenvalue weighted by atomic mass is 32.2. The van der Waals surface area contributed by atoms with Gasteiger partial charge in [-0.3, -0.25) is 10.2 Å². The Kier molecular flexibility index (Phi) is 10.1. The zero-order chi connectivity index (χ0) is 29.4. The van der Waals surface area contributed by atoms with Gasteiger partial charge in [0.25, 0.3) is 0 Å². The molecule has 1 heterocycles. The number of anilines is 1. The zero-order valence-electron chi connectivity index (χ0n) is 21.5. The lowest BCUT2D eigenvalue weighted by molar-refractivity contribution is -0.135. The van der Waals surface area contributed by atoms with E-state index < -0.39 is 34.4 Å². The number of carboxylic acid groups (broad SMARTS) is 1. The monoisotopic (exact) mass is 604 g/mol. The number of hydrogen-bond donors (Lipinski definition) is 7. The van der Waals surface area contributed by atoms with E-state index in [1.165, 1.54) is 30.0 Å². The summed E-state index contributed by atoms with van der Waals surface area (Å²) in [6.45, 7) is 1.44. The second-order valence-corrected chi connectivity index (χ2v) is 12.3. The highest BCUT2D eigenvalue weighted by Gasteiger charge is 2.25. The van der Waals surface area contributed by atoms with Gasteiger partial charge in [-0.2, -0.15) is 0 Å². The molecule has 15 heteroatoms. The third kappa shape index (κ3) is 7.52. The number of nitrogens with one attached hydrogen (secondary N) is 5. The number of amides is 4. The number of hydrogen-bond acceptors (Lipinski definition) is 8. The van der Waals surface area contributed by atoms with E-state index in [-0.39, 0.29) is 28.7 Å². The Labute approximate surface area is 239 Å². The first-order valence-corrected chi connectivity index (χ1v) is 15.2. The van der Waals surface area contributed by atoms with Crippen molar-refractivity contribution in [2.45, 2.75) is 20.9 Å². The predicted molar refractivity (Wildman–Crippen MR) is 155 cm³/mol. The number of carbonyl (C=O) groups excluding carboxylic acids is 2. The van der Waals surface area contributed by atoms with Crippen molar-refractivity contribution < 1.29 is 27.9 Å². The third-order valence-electron chi connectivity index (χ3n) is 5.46. The van der Waals surface area contributed by atoms with E-state index >= 15 is 0 Å². The Bertz CT molecular complexity index is 1550. The van der Waals surface area contributed by atoms with Gasteiger partial charge in [-0.1, -0.05) is 24.3 Å². The van der Waals surface area contributed by atoms with Gasteiger partial charge in [0.05, 0.1) is 24.6 Å². The van der Waals surface area contributed by atoms with Crippen molar-refractivity contribution in [1.82, 2.24) is 16.0 Å². The summed E-state index contributed by atoms with van der Waals surface area (Å²) in [6, 6.07) is 11.9. The number of carboxylic acids is 1. The van der Waals surface area contributed by atoms with Gasteiger partial charge in [-0.05, 0) is 48.6 Å². The summed E-state index contributed by atoms with van der Waals surface area (Å²) in [6.07, 6.45) is 1.76. The molecule has 0 unspecified atom stereocenters. The lowest BCUT2D eigenvalue weighted by atomic mass is 9.98. The maximum Gasteiger partial charge on any atom is 0.323 e. The number of urea groups is 2. The van der Waals surface area contributed by atoms with E-state index in [0.29, 0.717) is 25.9 Å². The molecule has 40 heavy (non-hydrogen) atoms. The average molecular weight is 605 g/mol. The van der Waals surface area contributed by atoms with Crippen molar-refractivity contribution in [3.63, 3.8) is 0 Å². The molecule has 0 aliphatic carbocycles. The normalized spacial score (nSPS) is 10.9. The minimum Gasteiger partial charge on any atom is -0.480 e. The number of carbonyl (C=O) groups is 3. The van der Waals surface area contributed by atoms with E-state index in [2.05, 4.69) is 21.3 Å². The van der Waals surface area contributed by atoms with Crippen molar-refractivity contribution in [3.8, 4) is 11.1 Å². The molecule has 4 amide bonds. The molecular formula is C25H28N6O6S3. The smallest absolute Gasteiger partial charge is 0.323 e. The summed E-state index contributed by atoms with van der Waals surface area (Å²) in [7, 11) is -3.94. The molecule has 0 spiro atoms. The van der Waals surface area contributed by atoms with Crippen LogP contribution >= 0.6 is 23.1 Å². The van der Waals surface area contributed by atoms with Gasteiger partial charge in [0.15, 0.2) is 0 Å². The number of sulfone groups is 1. The SMILES string of the molecule is CSc1sc(C(=N)N)cc1S(=O)(=O)c1cccc(-c2c(C)cccc2NC(=O)NCCNC(=O)NCC(=O)O)c1. The van der Waals surface area contributed by atoms with Crippen LogP contribution in [0.15, 0.2) is 62.5 Å². The van der Waals surface area contributed by atoms with Gasteiger partial charge < -0.3 is 32.1 Å². The highest BCUT2D eigenvalue weighted by molar-refractivity contribution is 8.01. The van der Waals surface area contributed by atoms with Crippen LogP contribution in [0.25, 0.3) is 11.1 Å². The fourth-order valence-corrected chi connectivity index (χ4v) is 7.56. The first-order chi connectivity index (χ1) is 18.9. The topological polar surface area (TPSA) is 204 Å². The molecule has 0 saturated heterocycles. The molecule has 2 aromatic carbocycles. The van der Waals surface area contributed by atoms with E-state index in [4.69, 9.17) is 16.2 Å². The van der Waals surface area contributed by atoms with Crippen molar-refractivity contribution in [2.24, 2.45) is 5.73 Å². The summed E-state index contributed by atoms with van der Waals surface area (Å²) < 4.78 is 27.7. The molecule has 212 valence electrons. The molecule has 0 radical (unpaired) electrons. The van der Waals surface area contributed by atoms with Crippen molar-refractivity contribution >= 4 is 62.5 Å². The highest BCUT2D eigenvalue weighted by Crippen LogP contribution is 2.38. The minimum atomic E-state index is -3.94. The van der Waals surface area contributed by atoms with Gasteiger partial charge in [0.1, 0.15) is 12.4 Å². The standard InChI is InChI=1S/C25H28N6O6S3/c1-14-5-3-8-17(31-25(35)29-10-9-28-24(34)30-13-20(32)33)21(14)15-6-4-7-16(11-15)40(36,37)19-12-18(22(26)27)39-23(19)38-2/h3-8,11-12H,9-10,13H2,1-2H3,(H3,26,27)(H,32,33)(H2,28,30,34)(H2,29,31,35). The van der Waals surface area contributed by atoms with E-state index in [9.17, 15) is 22.8 Å². The fraction of sp³-hybridized carbons (Fsp3) is 0.200. The first-order valence-electron chi connectivity index (χ1n) is 11.7. The summed E-state index contributed by atoms with van der Waals surface area (Å²) in [5, 5.41) is 26.2. The average Bonchev–Trinajstić information content (AvgIpc) is 3.36. The Morgan fingerprint density at radius 3 is 2.35 bits per heavy atom. The fourth-order valence-electron chi connectivity index (χ4n) is 3.66. The van der Waals surface area contributed by atoms with Gasteiger partial charge in [0, 0.05) is 18.7 Å². The van der Waals surface area contributed by atoms with Crippen LogP contribution in [0, 0.1) is 12.3 Å². The van der Waals surface area contributed by atoms with E-state index in [0.717, 1.165) is 16.9 Å². The lowest BCUT2D eigenvalue weighted by Crippen LogP contribution is -2.42. The number of nitrogen functional groups attached to an aromatic ring is 1. The molecule has 0 bridgehead atoms. The number of aryl methyl sites for hydroxylation is 1. The molecule has 0 aliphatic heterocycles. The van der Waals surface area contributed by atoms with Gasteiger partial charge in [0.2, 0.25) is 9.84 Å². The number of benzene rings is 2. The lowest BCUT2D eigenvalue weighted by Gasteiger charge is -2.16. The van der Waals surface area contributed by atoms with Gasteiger partial charge in [-0.25, -0.2) is 18.0 Å². The maximum atomic E-state index is 13.6. The van der Waals surface area contributed by atoms with Crippen LogP contribution in [0.2, 0.25) is 0 Å². The number of rotatable bonds is 11. The Morgan fingerprint density at radius 2 is 1.70 bits per heavy atom. The van der Waals surface area contributed by atoms with E-state index in [1.807, 2.05) is 13.0 Å². The van der Waals surface area contributed by atoms with Crippen LogP contribution < -0.4 is 27.0 Å². The molecule has 3 aromatic rings. The maximum absolute atomic E-state index is 13.6. The molecular weight excluding hydrogens is 577 g/mol. The molecule has 0 saturated carbocycles. The Hall–Kier alpha value is -4.08. The van der Waals surface area contributed by atoms with E-state index in [1.54, 1.807) is 30.5 Å². The van der Waals surface area contributed by atoms with Crippen LogP contribution in [0.5, 0.6) is 0 Å². The van der Waals surface area contributed by atoms with Crippen molar-refractivity contribution in [1.29, 1.82) is 5.41 Å². The molecule has 3 rings (SSSR count). The number of amidine groups is 1. The quantitative estimate of drug-likeness (QED) is 0.0748. The van der Waals surface area contributed by atoms with Crippen LogP contribution in [0.4, 0.5) is 15.3 Å². The second kappa shape index (κ2) is 13.3. The molecule has 0 aliphatic rings. The number of aliphatic carboxylic acids is 1. The van der Waals surface area contributed by atoms with Gasteiger partial charge >= 0.3 is 18.0 Å². The summed E-state index contributed by atoms with van der Waals surface area (Å²) in [5.74, 6) is -1.38. The van der Waals surface area contributed by atoms with Crippen LogP contribution in [-0.2, 0) is 14.6 Å². The Morgan fingerprint density at radius 1 is 1.02 bits per heavy atom. The van der Waals surface area contributed by atoms with Crippen LogP contribution in [-0.4, -0.2) is 63.3 Å². The summed E-state index contributed by atoms with van der Waals surface area (Å²) >= 11 is 2.41. The number of nitrogens with two attached hydrogens (primary N) is 1. The number of thiophene rings is 1. The molecule has 12 nitrogen and oxygen atoms in total. The van der Waals surface area contributed by atoms with Crippen molar-refractivity contribution in [3.05, 3.63) is 59.0 Å².